The summed E-state index contributed by atoms with van der Waals surface area (Å²) in [5.74, 6) is -0.769. The number of carbonyl (C=O) groups excluding carboxylic acids is 2. The first-order valence-electron chi connectivity index (χ1n) is 4.69. The zero-order chi connectivity index (χ0) is 12.8. The second-order valence-corrected chi connectivity index (χ2v) is 2.32. The third-order valence-electron chi connectivity index (χ3n) is 1.15. The maximum atomic E-state index is 10.3. The van der Waals surface area contributed by atoms with Crippen molar-refractivity contribution in [3.63, 3.8) is 0 Å². The van der Waals surface area contributed by atoms with Crippen LogP contribution in [0.5, 0.6) is 0 Å². The van der Waals surface area contributed by atoms with Crippen molar-refractivity contribution in [3.8, 4) is 0 Å². The lowest BCUT2D eigenvalue weighted by atomic mass is 10.6. The second kappa shape index (κ2) is 13.4. The lowest BCUT2D eigenvalue weighted by Crippen LogP contribution is -2.06. The van der Waals surface area contributed by atoms with E-state index in [0.29, 0.717) is 19.8 Å². The number of rotatable bonds is 6. The van der Waals surface area contributed by atoms with Crippen molar-refractivity contribution in [1.29, 1.82) is 0 Å². The Hall–Kier alpha value is -1.62. The lowest BCUT2D eigenvalue weighted by Gasteiger charge is -1.98. The number of methoxy groups -OCH3 is 1. The number of hydrogen-bond acceptors (Lipinski definition) is 5. The molecule has 0 aliphatic carbocycles. The van der Waals surface area contributed by atoms with Gasteiger partial charge in [0.2, 0.25) is 0 Å². The van der Waals surface area contributed by atoms with Gasteiger partial charge in [0.15, 0.2) is 0 Å². The average Bonchev–Trinajstić information content (AvgIpc) is 2.30. The predicted octanol–water partition coefficient (Wildman–Crippen LogP) is 1.10. The van der Waals surface area contributed by atoms with Gasteiger partial charge in [0.25, 0.3) is 0 Å². The molecule has 0 radical (unpaired) electrons. The fourth-order valence-corrected chi connectivity index (χ4v) is 0.486. The Bertz CT molecular complexity index is 222. The molecule has 0 aromatic carbocycles. The SMILES string of the molecule is C=CC(=O)OCC.C=CC(=O)OCCOC. The Morgan fingerprint density at radius 1 is 1.06 bits per heavy atom. The summed E-state index contributed by atoms with van der Waals surface area (Å²) in [6.45, 7) is 9.32. The summed E-state index contributed by atoms with van der Waals surface area (Å²) < 4.78 is 13.6. The van der Waals surface area contributed by atoms with Gasteiger partial charge in [-0.1, -0.05) is 13.2 Å². The third-order valence-corrected chi connectivity index (χ3v) is 1.15. The molecule has 0 unspecified atom stereocenters. The first kappa shape index (κ1) is 16.8. The first-order valence-corrected chi connectivity index (χ1v) is 4.69. The molecule has 0 fully saturated rings. The molecule has 5 heteroatoms. The number of esters is 2. The van der Waals surface area contributed by atoms with Crippen LogP contribution in [0.15, 0.2) is 25.3 Å². The van der Waals surface area contributed by atoms with Crippen molar-refractivity contribution in [2.45, 2.75) is 6.92 Å². The highest BCUT2D eigenvalue weighted by Crippen LogP contribution is 1.78. The van der Waals surface area contributed by atoms with Gasteiger partial charge >= 0.3 is 11.9 Å². The van der Waals surface area contributed by atoms with Crippen molar-refractivity contribution in [1.82, 2.24) is 0 Å². The number of carbonyl (C=O) groups is 2. The van der Waals surface area contributed by atoms with Gasteiger partial charge < -0.3 is 14.2 Å². The first-order chi connectivity index (χ1) is 7.62. The van der Waals surface area contributed by atoms with E-state index in [4.69, 9.17) is 0 Å². The van der Waals surface area contributed by atoms with E-state index in [1.54, 1.807) is 14.0 Å². The maximum absolute atomic E-state index is 10.3. The zero-order valence-corrected chi connectivity index (χ0v) is 9.73. The van der Waals surface area contributed by atoms with Crippen LogP contribution in [0.1, 0.15) is 6.92 Å². The smallest absolute Gasteiger partial charge is 0.330 e. The van der Waals surface area contributed by atoms with Crippen LogP contribution in [-0.2, 0) is 23.8 Å². The highest BCUT2D eigenvalue weighted by atomic mass is 16.6. The normalized spacial score (nSPS) is 8.12. The molecule has 92 valence electrons. The lowest BCUT2D eigenvalue weighted by molar-refractivity contribution is -0.139. The van der Waals surface area contributed by atoms with Gasteiger partial charge in [0, 0.05) is 19.3 Å². The van der Waals surface area contributed by atoms with Gasteiger partial charge in [-0.3, -0.25) is 0 Å². The van der Waals surface area contributed by atoms with Crippen LogP contribution < -0.4 is 0 Å². The Kier molecular flexibility index (Phi) is 14.0. The molecule has 0 aromatic rings. The summed E-state index contributed by atoms with van der Waals surface area (Å²) in [7, 11) is 1.54. The van der Waals surface area contributed by atoms with E-state index >= 15 is 0 Å². The Labute approximate surface area is 95.7 Å². The molecule has 0 spiro atoms. The fraction of sp³-hybridized carbons (Fsp3) is 0.455. The zero-order valence-electron chi connectivity index (χ0n) is 9.73. The quantitative estimate of drug-likeness (QED) is 0.388. The summed E-state index contributed by atoms with van der Waals surface area (Å²) in [6.07, 6.45) is 2.26. The maximum Gasteiger partial charge on any atom is 0.330 e. The molecule has 0 heterocycles. The highest BCUT2D eigenvalue weighted by molar-refractivity contribution is 5.81. The van der Waals surface area contributed by atoms with Gasteiger partial charge in [0.1, 0.15) is 6.61 Å². The van der Waals surface area contributed by atoms with E-state index in [2.05, 4.69) is 27.4 Å². The topological polar surface area (TPSA) is 61.8 Å². The van der Waals surface area contributed by atoms with Crippen molar-refractivity contribution in [2.75, 3.05) is 26.9 Å². The van der Waals surface area contributed by atoms with Crippen LogP contribution in [0.3, 0.4) is 0 Å². The molecule has 0 saturated carbocycles. The van der Waals surface area contributed by atoms with Crippen LogP contribution in [0.25, 0.3) is 0 Å². The molecule has 0 atom stereocenters. The van der Waals surface area contributed by atoms with E-state index < -0.39 is 5.97 Å². The Morgan fingerprint density at radius 2 is 1.56 bits per heavy atom. The molecule has 0 aliphatic rings. The summed E-state index contributed by atoms with van der Waals surface area (Å²) in [4.78, 5) is 20.4. The largest absolute Gasteiger partial charge is 0.463 e. The van der Waals surface area contributed by atoms with Gasteiger partial charge in [0.05, 0.1) is 13.2 Å². The van der Waals surface area contributed by atoms with Gasteiger partial charge in [-0.2, -0.15) is 0 Å². The van der Waals surface area contributed by atoms with Gasteiger partial charge in [-0.15, -0.1) is 0 Å². The highest BCUT2D eigenvalue weighted by Gasteiger charge is 1.91. The fourth-order valence-electron chi connectivity index (χ4n) is 0.486. The van der Waals surface area contributed by atoms with Crippen LogP contribution in [0, 0.1) is 0 Å². The molecule has 0 saturated heterocycles. The molecule has 0 rings (SSSR count). The predicted molar refractivity (Wildman–Crippen MR) is 59.9 cm³/mol. The average molecular weight is 230 g/mol. The summed E-state index contributed by atoms with van der Waals surface area (Å²) in [5, 5.41) is 0. The minimum atomic E-state index is -0.410. The second-order valence-electron chi connectivity index (χ2n) is 2.32. The summed E-state index contributed by atoms with van der Waals surface area (Å²) >= 11 is 0. The van der Waals surface area contributed by atoms with Crippen LogP contribution in [0.4, 0.5) is 0 Å². The molecule has 0 N–H and O–H groups in total. The van der Waals surface area contributed by atoms with Crippen molar-refractivity contribution >= 4 is 11.9 Å². The molecular formula is C11H18O5. The third kappa shape index (κ3) is 14.9. The van der Waals surface area contributed by atoms with E-state index in [1.165, 1.54) is 0 Å². The molecule has 0 bridgehead atoms. The number of ether oxygens (including phenoxy) is 3. The summed E-state index contributed by atoms with van der Waals surface area (Å²) in [6, 6.07) is 0. The molecule has 5 nitrogen and oxygen atoms in total. The van der Waals surface area contributed by atoms with E-state index in [9.17, 15) is 9.59 Å². The van der Waals surface area contributed by atoms with Crippen molar-refractivity contribution in [3.05, 3.63) is 25.3 Å². The molecule has 0 aromatic heterocycles. The molecule has 0 aliphatic heterocycles. The molecule has 0 amide bonds. The Balaban J connectivity index is 0. The van der Waals surface area contributed by atoms with Crippen LogP contribution in [-0.4, -0.2) is 38.9 Å². The van der Waals surface area contributed by atoms with E-state index in [-0.39, 0.29) is 5.97 Å². The van der Waals surface area contributed by atoms with Crippen LogP contribution in [0.2, 0.25) is 0 Å². The number of hydrogen-bond donors (Lipinski definition) is 0. The van der Waals surface area contributed by atoms with Crippen LogP contribution >= 0.6 is 0 Å². The van der Waals surface area contributed by atoms with Crippen molar-refractivity contribution in [2.24, 2.45) is 0 Å². The minimum Gasteiger partial charge on any atom is -0.463 e. The summed E-state index contributed by atoms with van der Waals surface area (Å²) in [5.41, 5.74) is 0. The standard InChI is InChI=1S/C6H10O3.C5H8O2/c1-3-6(7)9-5-4-8-2;1-3-5(6)7-4-2/h3H,1,4-5H2,2H3;3H,1,4H2,2H3. The van der Waals surface area contributed by atoms with E-state index in [0.717, 1.165) is 12.2 Å². The molecular weight excluding hydrogens is 212 g/mol. The van der Waals surface area contributed by atoms with E-state index in [1.807, 2.05) is 0 Å². The molecule has 16 heavy (non-hydrogen) atoms. The van der Waals surface area contributed by atoms with Gasteiger partial charge in [-0.05, 0) is 6.92 Å². The van der Waals surface area contributed by atoms with Crippen molar-refractivity contribution < 1.29 is 23.8 Å². The Morgan fingerprint density at radius 3 is 1.88 bits per heavy atom. The van der Waals surface area contributed by atoms with Gasteiger partial charge in [-0.25, -0.2) is 9.59 Å². The minimum absolute atomic E-state index is 0.293. The monoisotopic (exact) mass is 230 g/mol.